The van der Waals surface area contributed by atoms with E-state index in [-0.39, 0.29) is 32.0 Å². The fourth-order valence-electron chi connectivity index (χ4n) is 11.5. The third-order valence-electron chi connectivity index (χ3n) is 17.7. The lowest BCUT2D eigenvalue weighted by molar-refractivity contribution is -0.870. The van der Waals surface area contributed by atoms with Crippen molar-refractivity contribution in [3.8, 4) is 0 Å². The molecule has 0 rings (SSSR count). The van der Waals surface area contributed by atoms with E-state index in [1.807, 2.05) is 21.1 Å². The first-order chi connectivity index (χ1) is 48.0. The van der Waals surface area contributed by atoms with E-state index in [0.717, 1.165) is 116 Å². The molecule has 9 nitrogen and oxygen atoms in total. The van der Waals surface area contributed by atoms with Gasteiger partial charge in [0.2, 0.25) is 0 Å². The summed E-state index contributed by atoms with van der Waals surface area (Å²) in [6.45, 7) is 4.35. The number of phosphoric acid groups is 1. The number of carbonyl (C=O) groups is 2. The van der Waals surface area contributed by atoms with Crippen LogP contribution in [-0.2, 0) is 32.7 Å². The molecule has 0 aromatic rings. The van der Waals surface area contributed by atoms with Gasteiger partial charge < -0.3 is 18.9 Å². The van der Waals surface area contributed by atoms with Crippen LogP contribution in [0.5, 0.6) is 0 Å². The van der Waals surface area contributed by atoms with Gasteiger partial charge in [-0.15, -0.1) is 0 Å². The number of unbranched alkanes of at least 4 members (excludes halogenated alkanes) is 39. The second-order valence-electron chi connectivity index (χ2n) is 28.4. The Hall–Kier alpha value is -3.85. The zero-order valence-electron chi connectivity index (χ0n) is 64.5. The molecular weight excluding hydrogens is 1230 g/mol. The summed E-state index contributed by atoms with van der Waals surface area (Å²) in [7, 11) is 1.47. The standard InChI is InChI=1S/C88H154NO8P/c1-6-8-10-12-14-16-18-20-22-24-26-28-30-32-34-36-38-40-41-42-43-44-45-46-47-49-51-53-55-57-59-61-63-65-67-69-71-73-75-77-79-81-88(91)97-86(85-96-98(92,93)95-83-82-89(3,4)5)84-94-87(90)80-78-76-74-72-70-68-66-64-62-60-58-56-54-52-50-48-39-37-35-33-31-29-27-25-23-21-19-17-15-13-11-9-7-2/h8,10,14,16,20,22,26,28,32,34,38,40,42-43,45-46,49,51,55,57,61,63,86H,6-7,9,11-13,15,17-19,21,23-25,27,29-31,33,35-37,39,41,44,47-48,50,52-54,56,58-60,62,64-85H2,1-5H3/p+1/b10-8-,16-14-,22-20-,28-26-,34-32-,40-38-,43-42-,46-45-,51-49-,57-55-,63-61-. The summed E-state index contributed by atoms with van der Waals surface area (Å²) in [5, 5.41) is 0. The number of nitrogens with zero attached hydrogens (tertiary/aromatic N) is 1. The van der Waals surface area contributed by atoms with E-state index in [1.54, 1.807) is 0 Å². The first-order valence-corrected chi connectivity index (χ1v) is 42.4. The van der Waals surface area contributed by atoms with Crippen molar-refractivity contribution in [2.75, 3.05) is 47.5 Å². The fourth-order valence-corrected chi connectivity index (χ4v) is 12.2. The van der Waals surface area contributed by atoms with Crippen molar-refractivity contribution in [3.63, 3.8) is 0 Å². The van der Waals surface area contributed by atoms with Crippen LogP contribution in [0.15, 0.2) is 134 Å². The molecule has 0 saturated carbocycles. The third-order valence-corrected chi connectivity index (χ3v) is 18.7. The van der Waals surface area contributed by atoms with Crippen molar-refractivity contribution in [2.45, 2.75) is 367 Å². The van der Waals surface area contributed by atoms with E-state index >= 15 is 0 Å². The van der Waals surface area contributed by atoms with Crippen LogP contribution < -0.4 is 0 Å². The van der Waals surface area contributed by atoms with Gasteiger partial charge in [0.15, 0.2) is 6.10 Å². The van der Waals surface area contributed by atoms with Crippen LogP contribution in [0, 0.1) is 0 Å². The minimum absolute atomic E-state index is 0.0251. The van der Waals surface area contributed by atoms with Crippen LogP contribution in [0.2, 0.25) is 0 Å². The first kappa shape index (κ1) is 94.2. The Kier molecular flexibility index (Phi) is 74.3. The first-order valence-electron chi connectivity index (χ1n) is 40.9. The molecule has 0 aliphatic heterocycles. The molecule has 2 unspecified atom stereocenters. The quantitative estimate of drug-likeness (QED) is 0.0211. The van der Waals surface area contributed by atoms with Crippen molar-refractivity contribution >= 4 is 19.8 Å². The Bertz CT molecular complexity index is 2120. The minimum atomic E-state index is -4.41. The summed E-state index contributed by atoms with van der Waals surface area (Å²) in [6.07, 6.45) is 113. The molecule has 98 heavy (non-hydrogen) atoms. The zero-order chi connectivity index (χ0) is 71.1. The van der Waals surface area contributed by atoms with Crippen LogP contribution in [-0.4, -0.2) is 74.9 Å². The predicted molar refractivity (Wildman–Crippen MR) is 427 cm³/mol. The lowest BCUT2D eigenvalue weighted by atomic mass is 10.0. The molecule has 0 saturated heterocycles. The largest absolute Gasteiger partial charge is 0.472 e. The number of likely N-dealkylation sites (N-methyl/N-ethyl adjacent to an activating group) is 1. The monoisotopic (exact) mass is 1390 g/mol. The number of rotatable bonds is 75. The van der Waals surface area contributed by atoms with E-state index in [9.17, 15) is 19.0 Å². The highest BCUT2D eigenvalue weighted by Crippen LogP contribution is 2.43. The van der Waals surface area contributed by atoms with Crippen molar-refractivity contribution in [1.82, 2.24) is 0 Å². The summed E-state index contributed by atoms with van der Waals surface area (Å²) in [5.41, 5.74) is 0. The maximum absolute atomic E-state index is 12.9. The van der Waals surface area contributed by atoms with Crippen molar-refractivity contribution in [1.29, 1.82) is 0 Å². The van der Waals surface area contributed by atoms with Gasteiger partial charge in [-0.3, -0.25) is 18.6 Å². The van der Waals surface area contributed by atoms with Crippen LogP contribution in [0.1, 0.15) is 361 Å². The van der Waals surface area contributed by atoms with Gasteiger partial charge in [-0.25, -0.2) is 4.57 Å². The maximum Gasteiger partial charge on any atom is 0.472 e. The Labute approximate surface area is 606 Å². The number of ether oxygens (including phenoxy) is 2. The number of esters is 2. The lowest BCUT2D eigenvalue weighted by Gasteiger charge is -2.24. The summed E-state index contributed by atoms with van der Waals surface area (Å²) in [4.78, 5) is 36.0. The summed E-state index contributed by atoms with van der Waals surface area (Å²) in [6, 6.07) is 0. The highest BCUT2D eigenvalue weighted by atomic mass is 31.2. The van der Waals surface area contributed by atoms with Gasteiger partial charge >= 0.3 is 19.8 Å². The molecule has 0 bridgehead atoms. The number of carbonyl (C=O) groups excluding carboxylic acids is 2. The number of phosphoric ester groups is 1. The van der Waals surface area contributed by atoms with Gasteiger partial charge in [0, 0.05) is 12.8 Å². The molecule has 0 spiro atoms. The topological polar surface area (TPSA) is 108 Å². The Morgan fingerprint density at radius 1 is 0.327 bits per heavy atom. The fraction of sp³-hybridized carbons (Fsp3) is 0.727. The van der Waals surface area contributed by atoms with Crippen LogP contribution in [0.25, 0.3) is 0 Å². The summed E-state index contributed by atoms with van der Waals surface area (Å²) >= 11 is 0. The minimum Gasteiger partial charge on any atom is -0.462 e. The van der Waals surface area contributed by atoms with Crippen LogP contribution in [0.4, 0.5) is 0 Å². The summed E-state index contributed by atoms with van der Waals surface area (Å²) in [5.74, 6) is -0.803. The molecule has 0 radical (unpaired) electrons. The average Bonchev–Trinajstić information content (AvgIpc) is 1.08. The molecule has 0 heterocycles. The van der Waals surface area contributed by atoms with Crippen molar-refractivity contribution in [2.24, 2.45) is 0 Å². The van der Waals surface area contributed by atoms with Crippen molar-refractivity contribution in [3.05, 3.63) is 134 Å². The smallest absolute Gasteiger partial charge is 0.462 e. The molecule has 2 atom stereocenters. The molecule has 10 heteroatoms. The summed E-state index contributed by atoms with van der Waals surface area (Å²) < 4.78 is 34.8. The second kappa shape index (κ2) is 77.3. The van der Waals surface area contributed by atoms with Crippen molar-refractivity contribution < 1.29 is 42.1 Å². The Morgan fingerprint density at radius 3 is 0.867 bits per heavy atom. The zero-order valence-corrected chi connectivity index (χ0v) is 65.4. The highest BCUT2D eigenvalue weighted by molar-refractivity contribution is 7.47. The van der Waals surface area contributed by atoms with E-state index in [2.05, 4.69) is 148 Å². The SMILES string of the molecule is CC/C=C\C/C=C\C/C=C\C/C=C\C/C=C\C/C=C\C/C=C\C/C=C\C/C=C\C/C=C\C/C=C\CCCCCCCCCC(=O)OC(COC(=O)CCCCCCCCCCCCCCCCCCCCCCCCCCCCCCCCCCC)COP(=O)(O)OCC[N+](C)(C)C. The molecule has 0 aromatic carbocycles. The number of quaternary nitrogens is 1. The Morgan fingerprint density at radius 2 is 0.582 bits per heavy atom. The average molecular weight is 1390 g/mol. The third kappa shape index (κ3) is 81.1. The second-order valence-corrected chi connectivity index (χ2v) is 29.9. The van der Waals surface area contributed by atoms with E-state index in [4.69, 9.17) is 18.5 Å². The molecule has 0 fully saturated rings. The van der Waals surface area contributed by atoms with Crippen LogP contribution >= 0.6 is 7.82 Å². The number of allylic oxidation sites excluding steroid dienone is 22. The Balaban J connectivity index is 4.03. The van der Waals surface area contributed by atoms with Gasteiger partial charge in [-0.1, -0.05) is 385 Å². The molecule has 1 N–H and O–H groups in total. The van der Waals surface area contributed by atoms with Crippen LogP contribution in [0.3, 0.4) is 0 Å². The number of hydrogen-bond donors (Lipinski definition) is 1. The molecular formula is C88H155NO8P+. The van der Waals surface area contributed by atoms with E-state index < -0.39 is 26.5 Å². The van der Waals surface area contributed by atoms with Gasteiger partial charge in [-0.05, 0) is 96.3 Å². The molecule has 0 aliphatic rings. The predicted octanol–water partition coefficient (Wildman–Crippen LogP) is 27.5. The number of hydrogen-bond acceptors (Lipinski definition) is 7. The molecule has 564 valence electrons. The van der Waals surface area contributed by atoms with E-state index in [1.165, 1.54) is 212 Å². The molecule has 0 amide bonds. The highest BCUT2D eigenvalue weighted by Gasteiger charge is 2.27. The van der Waals surface area contributed by atoms with Gasteiger partial charge in [0.05, 0.1) is 27.7 Å². The van der Waals surface area contributed by atoms with Gasteiger partial charge in [0.25, 0.3) is 0 Å². The van der Waals surface area contributed by atoms with Gasteiger partial charge in [-0.2, -0.15) is 0 Å². The molecule has 0 aromatic heterocycles. The normalized spacial score (nSPS) is 13.7. The van der Waals surface area contributed by atoms with Gasteiger partial charge in [0.1, 0.15) is 19.8 Å². The maximum atomic E-state index is 12.9. The molecule has 0 aliphatic carbocycles. The lowest BCUT2D eigenvalue weighted by Crippen LogP contribution is -2.37. The van der Waals surface area contributed by atoms with E-state index in [0.29, 0.717) is 17.4 Å².